The highest BCUT2D eigenvalue weighted by Gasteiger charge is 2.18. The Hall–Kier alpha value is -2.86. The molecule has 3 aromatic rings. The Morgan fingerprint density at radius 2 is 1.86 bits per heavy atom. The third-order valence-electron chi connectivity index (χ3n) is 5.38. The fourth-order valence-corrected chi connectivity index (χ4v) is 3.77. The molecular formula is C23H28N4O2. The molecule has 0 spiro atoms. The van der Waals surface area contributed by atoms with Crippen molar-refractivity contribution < 1.29 is 9.53 Å². The van der Waals surface area contributed by atoms with Crippen LogP contribution in [0.1, 0.15) is 24.8 Å². The fraction of sp³-hybridized carbons (Fsp3) is 0.391. The van der Waals surface area contributed by atoms with E-state index < -0.39 is 0 Å². The minimum atomic E-state index is 0.0813. The maximum absolute atomic E-state index is 12.2. The molecule has 0 saturated carbocycles. The molecule has 0 bridgehead atoms. The molecule has 1 aliphatic heterocycles. The summed E-state index contributed by atoms with van der Waals surface area (Å²) in [7, 11) is 0. The van der Waals surface area contributed by atoms with Crippen LogP contribution in [0.25, 0.3) is 11.0 Å². The Labute approximate surface area is 171 Å². The lowest BCUT2D eigenvalue weighted by Crippen LogP contribution is -2.32. The fourth-order valence-electron chi connectivity index (χ4n) is 3.77. The van der Waals surface area contributed by atoms with Gasteiger partial charge in [-0.25, -0.2) is 4.98 Å². The first-order valence-electron chi connectivity index (χ1n) is 10.4. The number of benzene rings is 2. The van der Waals surface area contributed by atoms with E-state index in [1.54, 1.807) is 0 Å². The van der Waals surface area contributed by atoms with Crippen molar-refractivity contribution in [3.8, 4) is 5.75 Å². The second kappa shape index (κ2) is 9.56. The van der Waals surface area contributed by atoms with Crippen LogP contribution in [-0.4, -0.2) is 46.6 Å². The summed E-state index contributed by atoms with van der Waals surface area (Å²) < 4.78 is 8.02. The van der Waals surface area contributed by atoms with Gasteiger partial charge in [0.2, 0.25) is 0 Å². The highest BCUT2D eigenvalue weighted by Crippen LogP contribution is 2.18. The van der Waals surface area contributed by atoms with E-state index >= 15 is 0 Å². The molecule has 1 N–H and O–H groups in total. The van der Waals surface area contributed by atoms with Gasteiger partial charge < -0.3 is 19.5 Å². The number of imidazole rings is 1. The van der Waals surface area contributed by atoms with Crippen molar-refractivity contribution in [2.75, 3.05) is 26.2 Å². The average Bonchev–Trinajstić information content (AvgIpc) is 3.43. The molecule has 0 radical (unpaired) electrons. The van der Waals surface area contributed by atoms with Crippen LogP contribution < -0.4 is 10.1 Å². The molecule has 2 aromatic carbocycles. The van der Waals surface area contributed by atoms with Gasteiger partial charge in [0.1, 0.15) is 5.75 Å². The van der Waals surface area contributed by atoms with Gasteiger partial charge in [-0.3, -0.25) is 4.79 Å². The topological polar surface area (TPSA) is 59.4 Å². The number of nitrogens with zero attached hydrogens (tertiary/aromatic N) is 3. The summed E-state index contributed by atoms with van der Waals surface area (Å²) in [5.41, 5.74) is 3.29. The first kappa shape index (κ1) is 19.5. The van der Waals surface area contributed by atoms with E-state index in [-0.39, 0.29) is 12.5 Å². The van der Waals surface area contributed by atoms with E-state index in [0.717, 1.165) is 68.8 Å². The summed E-state index contributed by atoms with van der Waals surface area (Å²) >= 11 is 0. The quantitative estimate of drug-likeness (QED) is 0.568. The molecule has 1 amide bonds. The second-order valence-electron chi connectivity index (χ2n) is 7.44. The molecule has 1 fully saturated rings. The van der Waals surface area contributed by atoms with Crippen molar-refractivity contribution >= 4 is 16.9 Å². The van der Waals surface area contributed by atoms with Crippen LogP contribution in [0.15, 0.2) is 54.9 Å². The van der Waals surface area contributed by atoms with Crippen molar-refractivity contribution in [1.82, 2.24) is 19.8 Å². The Morgan fingerprint density at radius 3 is 2.76 bits per heavy atom. The predicted octanol–water partition coefficient (Wildman–Crippen LogP) is 3.22. The molecule has 4 rings (SSSR count). The van der Waals surface area contributed by atoms with Crippen LogP contribution >= 0.6 is 0 Å². The number of likely N-dealkylation sites (tertiary alicyclic amines) is 1. The molecule has 0 unspecified atom stereocenters. The van der Waals surface area contributed by atoms with Crippen molar-refractivity contribution in [3.05, 3.63) is 60.4 Å². The van der Waals surface area contributed by atoms with Gasteiger partial charge in [0, 0.05) is 31.7 Å². The van der Waals surface area contributed by atoms with Crippen molar-refractivity contribution in [2.24, 2.45) is 0 Å². The molecule has 6 heteroatoms. The molecular weight excluding hydrogens is 364 g/mol. The van der Waals surface area contributed by atoms with E-state index in [1.807, 2.05) is 53.7 Å². The SMILES string of the molecule is O=C(COc1ccccc1CNCCCn1cnc2ccccc21)N1CCCC1. The largest absolute Gasteiger partial charge is 0.483 e. The molecule has 2 heterocycles. The zero-order valence-corrected chi connectivity index (χ0v) is 16.7. The average molecular weight is 393 g/mol. The summed E-state index contributed by atoms with van der Waals surface area (Å²) in [6, 6.07) is 16.1. The van der Waals surface area contributed by atoms with Gasteiger partial charge in [-0.05, 0) is 44.0 Å². The van der Waals surface area contributed by atoms with Crippen LogP contribution in [0.2, 0.25) is 0 Å². The molecule has 6 nitrogen and oxygen atoms in total. The van der Waals surface area contributed by atoms with Crippen molar-refractivity contribution in [1.29, 1.82) is 0 Å². The second-order valence-corrected chi connectivity index (χ2v) is 7.44. The van der Waals surface area contributed by atoms with E-state index in [9.17, 15) is 4.79 Å². The summed E-state index contributed by atoms with van der Waals surface area (Å²) in [6.07, 6.45) is 5.12. The van der Waals surface area contributed by atoms with Gasteiger partial charge >= 0.3 is 0 Å². The molecule has 1 aromatic heterocycles. The zero-order chi connectivity index (χ0) is 19.9. The predicted molar refractivity (Wildman–Crippen MR) is 114 cm³/mol. The number of carbonyl (C=O) groups is 1. The lowest BCUT2D eigenvalue weighted by molar-refractivity contribution is -0.132. The number of ether oxygens (including phenoxy) is 1. The molecule has 0 atom stereocenters. The number of para-hydroxylation sites is 3. The Balaban J connectivity index is 1.23. The maximum atomic E-state index is 12.2. The van der Waals surface area contributed by atoms with Gasteiger partial charge in [-0.15, -0.1) is 0 Å². The van der Waals surface area contributed by atoms with Crippen molar-refractivity contribution in [2.45, 2.75) is 32.4 Å². The van der Waals surface area contributed by atoms with Gasteiger partial charge in [0.05, 0.1) is 17.4 Å². The monoisotopic (exact) mass is 392 g/mol. The van der Waals surface area contributed by atoms with E-state index in [4.69, 9.17) is 4.74 Å². The number of fused-ring (bicyclic) bond motifs is 1. The van der Waals surface area contributed by atoms with E-state index in [2.05, 4.69) is 20.9 Å². The van der Waals surface area contributed by atoms with Gasteiger partial charge in [0.25, 0.3) is 5.91 Å². The number of amides is 1. The number of rotatable bonds is 9. The number of hydrogen-bond acceptors (Lipinski definition) is 4. The Kier molecular flexibility index (Phi) is 6.42. The number of aryl methyl sites for hydroxylation is 1. The Morgan fingerprint density at radius 1 is 1.07 bits per heavy atom. The number of carbonyl (C=O) groups excluding carboxylic acids is 1. The number of hydrogen-bond donors (Lipinski definition) is 1. The van der Waals surface area contributed by atoms with Crippen LogP contribution in [-0.2, 0) is 17.9 Å². The van der Waals surface area contributed by atoms with Crippen LogP contribution in [0.3, 0.4) is 0 Å². The summed E-state index contributed by atoms with van der Waals surface area (Å²) in [6.45, 7) is 4.38. The first-order valence-corrected chi connectivity index (χ1v) is 10.4. The highest BCUT2D eigenvalue weighted by molar-refractivity contribution is 5.78. The number of aromatic nitrogens is 2. The Bertz CT molecular complexity index is 947. The van der Waals surface area contributed by atoms with Gasteiger partial charge in [-0.2, -0.15) is 0 Å². The van der Waals surface area contributed by atoms with E-state index in [0.29, 0.717) is 0 Å². The van der Waals surface area contributed by atoms with Crippen molar-refractivity contribution in [3.63, 3.8) is 0 Å². The minimum absolute atomic E-state index is 0.0813. The standard InChI is InChI=1S/C23H28N4O2/c28-23(26-13-5-6-14-26)17-29-22-11-4-1-8-19(22)16-24-12-7-15-27-18-25-20-9-2-3-10-21(20)27/h1-4,8-11,18,24H,5-7,12-17H2. The summed E-state index contributed by atoms with van der Waals surface area (Å²) in [4.78, 5) is 18.5. The number of nitrogens with one attached hydrogen (secondary N) is 1. The van der Waals surface area contributed by atoms with E-state index in [1.165, 1.54) is 5.52 Å². The normalized spacial score (nSPS) is 13.9. The van der Waals surface area contributed by atoms with Crippen LogP contribution in [0.5, 0.6) is 5.75 Å². The zero-order valence-electron chi connectivity index (χ0n) is 16.7. The smallest absolute Gasteiger partial charge is 0.260 e. The summed E-state index contributed by atoms with van der Waals surface area (Å²) in [5, 5.41) is 3.49. The molecule has 152 valence electrons. The van der Waals surface area contributed by atoms with Crippen LogP contribution in [0, 0.1) is 0 Å². The maximum Gasteiger partial charge on any atom is 0.260 e. The lowest BCUT2D eigenvalue weighted by Gasteiger charge is -2.17. The molecule has 29 heavy (non-hydrogen) atoms. The first-order chi connectivity index (χ1) is 14.3. The van der Waals surface area contributed by atoms with Crippen LogP contribution in [0.4, 0.5) is 0 Å². The third kappa shape index (κ3) is 4.95. The van der Waals surface area contributed by atoms with Gasteiger partial charge in [-0.1, -0.05) is 30.3 Å². The summed E-state index contributed by atoms with van der Waals surface area (Å²) in [5.74, 6) is 0.867. The van der Waals surface area contributed by atoms with Gasteiger partial charge in [0.15, 0.2) is 6.61 Å². The minimum Gasteiger partial charge on any atom is -0.483 e. The molecule has 0 aliphatic carbocycles. The third-order valence-corrected chi connectivity index (χ3v) is 5.38. The highest BCUT2D eigenvalue weighted by atomic mass is 16.5. The molecule has 1 saturated heterocycles. The molecule has 1 aliphatic rings. The lowest BCUT2D eigenvalue weighted by atomic mass is 10.2.